The molecular formula is C14H24N2O2. The molecule has 2 heterocycles. The van der Waals surface area contributed by atoms with Gasteiger partial charge in [0.2, 0.25) is 0 Å². The third-order valence-electron chi connectivity index (χ3n) is 3.50. The highest BCUT2D eigenvalue weighted by atomic mass is 16.6. The number of likely N-dealkylation sites (N-methyl/N-ethyl adjacent to an activating group) is 1. The summed E-state index contributed by atoms with van der Waals surface area (Å²) < 4.78 is 5.35. The Bertz CT molecular complexity index is 351. The van der Waals surface area contributed by atoms with E-state index >= 15 is 0 Å². The lowest BCUT2D eigenvalue weighted by Gasteiger charge is -2.42. The van der Waals surface area contributed by atoms with Crippen molar-refractivity contribution < 1.29 is 9.53 Å². The summed E-state index contributed by atoms with van der Waals surface area (Å²) >= 11 is 0. The van der Waals surface area contributed by atoms with Crippen LogP contribution >= 0.6 is 0 Å². The lowest BCUT2D eigenvalue weighted by atomic mass is 9.87. The molecule has 0 N–H and O–H groups in total. The van der Waals surface area contributed by atoms with E-state index in [0.717, 1.165) is 32.6 Å². The van der Waals surface area contributed by atoms with Crippen molar-refractivity contribution in [3.8, 4) is 0 Å². The molecule has 4 heteroatoms. The van der Waals surface area contributed by atoms with Crippen molar-refractivity contribution in [2.75, 3.05) is 33.2 Å². The van der Waals surface area contributed by atoms with Crippen molar-refractivity contribution in [2.24, 2.45) is 5.92 Å². The van der Waals surface area contributed by atoms with Crippen LogP contribution in [0.1, 0.15) is 27.2 Å². The normalized spacial score (nSPS) is 22.4. The zero-order chi connectivity index (χ0) is 13.3. The molecular weight excluding hydrogens is 228 g/mol. The van der Waals surface area contributed by atoms with E-state index in [0.29, 0.717) is 5.92 Å². The molecule has 0 radical (unpaired) electrons. The van der Waals surface area contributed by atoms with E-state index in [4.69, 9.17) is 4.74 Å². The van der Waals surface area contributed by atoms with Crippen molar-refractivity contribution in [3.05, 3.63) is 11.6 Å². The molecule has 0 spiro atoms. The van der Waals surface area contributed by atoms with Gasteiger partial charge in [0, 0.05) is 32.1 Å². The number of hydrogen-bond acceptors (Lipinski definition) is 3. The molecule has 0 aliphatic carbocycles. The highest BCUT2D eigenvalue weighted by Crippen LogP contribution is 2.28. The van der Waals surface area contributed by atoms with E-state index in [2.05, 4.69) is 18.0 Å². The third-order valence-corrected chi connectivity index (χ3v) is 3.50. The maximum absolute atomic E-state index is 11.8. The fraction of sp³-hybridized carbons (Fsp3) is 0.786. The molecule has 0 aromatic heterocycles. The quantitative estimate of drug-likeness (QED) is 0.670. The van der Waals surface area contributed by atoms with Gasteiger partial charge in [0.05, 0.1) is 0 Å². The predicted octanol–water partition coefficient (Wildman–Crippen LogP) is 2.12. The smallest absolute Gasteiger partial charge is 0.410 e. The first-order valence-corrected chi connectivity index (χ1v) is 6.70. The zero-order valence-electron chi connectivity index (χ0n) is 11.9. The number of amides is 1. The van der Waals surface area contributed by atoms with E-state index in [1.807, 2.05) is 20.8 Å². The molecule has 4 nitrogen and oxygen atoms in total. The second kappa shape index (κ2) is 4.92. The molecule has 0 bridgehead atoms. The summed E-state index contributed by atoms with van der Waals surface area (Å²) in [6.07, 6.45) is 3.29. The standard InChI is InChI=1S/C14H24N2O2/c1-14(2,3)18-13(17)16-9-12(10-16)11-5-7-15(4)8-6-11/h5,12H,6-10H2,1-4H3. The Hall–Kier alpha value is -1.03. The van der Waals surface area contributed by atoms with Crippen molar-refractivity contribution in [3.63, 3.8) is 0 Å². The van der Waals surface area contributed by atoms with Crippen LogP contribution in [-0.4, -0.2) is 54.7 Å². The second-order valence-corrected chi connectivity index (χ2v) is 6.37. The predicted molar refractivity (Wildman–Crippen MR) is 71.5 cm³/mol. The topological polar surface area (TPSA) is 32.8 Å². The van der Waals surface area contributed by atoms with Gasteiger partial charge in [-0.2, -0.15) is 0 Å². The zero-order valence-corrected chi connectivity index (χ0v) is 11.9. The van der Waals surface area contributed by atoms with Gasteiger partial charge in [0.25, 0.3) is 0 Å². The average molecular weight is 252 g/mol. The Morgan fingerprint density at radius 2 is 2.06 bits per heavy atom. The Balaban J connectivity index is 1.79. The summed E-state index contributed by atoms with van der Waals surface area (Å²) in [6, 6.07) is 0. The van der Waals surface area contributed by atoms with E-state index in [1.165, 1.54) is 5.57 Å². The first kappa shape index (κ1) is 13.4. The van der Waals surface area contributed by atoms with Crippen molar-refractivity contribution in [2.45, 2.75) is 32.8 Å². The minimum Gasteiger partial charge on any atom is -0.444 e. The Kier molecular flexibility index (Phi) is 3.66. The molecule has 102 valence electrons. The number of carbonyl (C=O) groups excluding carboxylic acids is 1. The number of nitrogens with zero attached hydrogens (tertiary/aromatic N) is 2. The van der Waals surface area contributed by atoms with E-state index < -0.39 is 5.60 Å². The number of rotatable bonds is 1. The average Bonchev–Trinajstić information content (AvgIpc) is 2.15. The van der Waals surface area contributed by atoms with Crippen LogP contribution < -0.4 is 0 Å². The first-order valence-electron chi connectivity index (χ1n) is 6.70. The van der Waals surface area contributed by atoms with Crippen LogP contribution in [0.25, 0.3) is 0 Å². The second-order valence-electron chi connectivity index (χ2n) is 6.37. The van der Waals surface area contributed by atoms with Crippen molar-refractivity contribution in [1.82, 2.24) is 9.80 Å². The van der Waals surface area contributed by atoms with Gasteiger partial charge in [-0.05, 0) is 34.2 Å². The number of hydrogen-bond donors (Lipinski definition) is 0. The summed E-state index contributed by atoms with van der Waals surface area (Å²) in [5, 5.41) is 0. The van der Waals surface area contributed by atoms with Crippen LogP contribution in [0, 0.1) is 5.92 Å². The molecule has 0 aromatic carbocycles. The molecule has 1 saturated heterocycles. The highest BCUT2D eigenvalue weighted by molar-refractivity contribution is 5.69. The minimum atomic E-state index is -0.394. The monoisotopic (exact) mass is 252 g/mol. The summed E-state index contributed by atoms with van der Waals surface area (Å²) in [6.45, 7) is 9.53. The van der Waals surface area contributed by atoms with Crippen LogP contribution in [0.15, 0.2) is 11.6 Å². The van der Waals surface area contributed by atoms with E-state index in [-0.39, 0.29) is 6.09 Å². The van der Waals surface area contributed by atoms with Gasteiger partial charge in [-0.15, -0.1) is 0 Å². The van der Waals surface area contributed by atoms with Gasteiger partial charge in [0.1, 0.15) is 5.60 Å². The fourth-order valence-corrected chi connectivity index (χ4v) is 2.35. The van der Waals surface area contributed by atoms with Crippen LogP contribution in [0.5, 0.6) is 0 Å². The third kappa shape index (κ3) is 3.25. The summed E-state index contributed by atoms with van der Waals surface area (Å²) in [4.78, 5) is 15.9. The largest absolute Gasteiger partial charge is 0.444 e. The van der Waals surface area contributed by atoms with Gasteiger partial charge >= 0.3 is 6.09 Å². The molecule has 0 aromatic rings. The van der Waals surface area contributed by atoms with Gasteiger partial charge in [0.15, 0.2) is 0 Å². The van der Waals surface area contributed by atoms with Crippen LogP contribution in [0.3, 0.4) is 0 Å². The molecule has 2 rings (SSSR count). The molecule has 0 atom stereocenters. The molecule has 18 heavy (non-hydrogen) atoms. The molecule has 1 amide bonds. The molecule has 0 saturated carbocycles. The minimum absolute atomic E-state index is 0.174. The van der Waals surface area contributed by atoms with Crippen LogP contribution in [0.2, 0.25) is 0 Å². The van der Waals surface area contributed by atoms with Gasteiger partial charge < -0.3 is 14.5 Å². The first-order chi connectivity index (χ1) is 8.35. The van der Waals surface area contributed by atoms with Gasteiger partial charge in [-0.25, -0.2) is 4.79 Å². The van der Waals surface area contributed by atoms with Crippen molar-refractivity contribution in [1.29, 1.82) is 0 Å². The Morgan fingerprint density at radius 3 is 2.56 bits per heavy atom. The van der Waals surface area contributed by atoms with E-state index in [9.17, 15) is 4.79 Å². The number of likely N-dealkylation sites (tertiary alicyclic amines) is 1. The highest BCUT2D eigenvalue weighted by Gasteiger charge is 2.35. The van der Waals surface area contributed by atoms with Gasteiger partial charge in [-0.1, -0.05) is 11.6 Å². The number of ether oxygens (including phenoxy) is 1. The maximum atomic E-state index is 11.8. The van der Waals surface area contributed by atoms with Crippen molar-refractivity contribution >= 4 is 6.09 Å². The van der Waals surface area contributed by atoms with Crippen LogP contribution in [-0.2, 0) is 4.74 Å². The SMILES string of the molecule is CN1CC=C(C2CN(C(=O)OC(C)(C)C)C2)CC1. The molecule has 1 fully saturated rings. The summed E-state index contributed by atoms with van der Waals surface area (Å²) in [5.74, 6) is 0.561. The summed E-state index contributed by atoms with van der Waals surface area (Å²) in [5.41, 5.74) is 1.13. The Morgan fingerprint density at radius 1 is 1.39 bits per heavy atom. The molecule has 2 aliphatic rings. The lowest BCUT2D eigenvalue weighted by Crippen LogP contribution is -2.52. The Labute approximate surface area is 110 Å². The number of carbonyl (C=O) groups is 1. The van der Waals surface area contributed by atoms with Crippen LogP contribution in [0.4, 0.5) is 4.79 Å². The van der Waals surface area contributed by atoms with E-state index in [1.54, 1.807) is 4.90 Å². The lowest BCUT2D eigenvalue weighted by molar-refractivity contribution is 0.00303. The van der Waals surface area contributed by atoms with Gasteiger partial charge in [-0.3, -0.25) is 0 Å². The molecule has 0 unspecified atom stereocenters. The summed E-state index contributed by atoms with van der Waals surface area (Å²) in [7, 11) is 2.14. The molecule has 2 aliphatic heterocycles. The fourth-order valence-electron chi connectivity index (χ4n) is 2.35. The maximum Gasteiger partial charge on any atom is 0.410 e.